The third-order valence-corrected chi connectivity index (χ3v) is 14.5. The zero-order valence-electron chi connectivity index (χ0n) is 40.1. The summed E-state index contributed by atoms with van der Waals surface area (Å²) in [6.45, 7) is 10.7. The van der Waals surface area contributed by atoms with Gasteiger partial charge < -0.3 is 33.7 Å². The first-order valence-corrected chi connectivity index (χ1v) is 26.0. The molecule has 0 aromatic heterocycles. The summed E-state index contributed by atoms with van der Waals surface area (Å²) in [6.07, 6.45) is 15.9. The number of rotatable bonds is 27. The smallest absolute Gasteiger partial charge is 0.303 e. The Morgan fingerprint density at radius 2 is 1.36 bits per heavy atom. The number of anilines is 1. The predicted octanol–water partition coefficient (Wildman–Crippen LogP) is 8.57. The van der Waals surface area contributed by atoms with Crippen molar-refractivity contribution in [1.29, 1.82) is 0 Å². The van der Waals surface area contributed by atoms with Crippen LogP contribution in [-0.2, 0) is 59.5 Å². The van der Waals surface area contributed by atoms with Crippen LogP contribution in [0.3, 0.4) is 0 Å². The Morgan fingerprint density at radius 3 is 2.04 bits per heavy atom. The molecular weight excluding hydrogens is 925 g/mol. The molecular formula is C52H65N2O13S2+. The summed E-state index contributed by atoms with van der Waals surface area (Å²) in [5.41, 5.74) is 4.36. The van der Waals surface area contributed by atoms with E-state index in [0.29, 0.717) is 89.7 Å². The Morgan fingerprint density at radius 1 is 0.696 bits per heavy atom. The van der Waals surface area contributed by atoms with Crippen LogP contribution in [0.15, 0.2) is 119 Å². The Kier molecular flexibility index (Phi) is 18.3. The van der Waals surface area contributed by atoms with Gasteiger partial charge in [0.15, 0.2) is 12.3 Å². The predicted molar refractivity (Wildman–Crippen MR) is 267 cm³/mol. The van der Waals surface area contributed by atoms with Gasteiger partial charge in [0.1, 0.15) is 11.5 Å². The van der Waals surface area contributed by atoms with Gasteiger partial charge >= 0.3 is 5.97 Å². The maximum absolute atomic E-state index is 12.8. The summed E-state index contributed by atoms with van der Waals surface area (Å²) >= 11 is 0. The average molecular weight is 990 g/mol. The largest absolute Gasteiger partial charge is 0.481 e. The molecule has 69 heavy (non-hydrogen) atoms. The zero-order valence-corrected chi connectivity index (χ0v) is 41.7. The van der Waals surface area contributed by atoms with Crippen LogP contribution in [0.1, 0.15) is 64.0 Å². The van der Waals surface area contributed by atoms with Crippen LogP contribution in [0, 0.1) is 0 Å². The van der Waals surface area contributed by atoms with Crippen molar-refractivity contribution in [3.05, 3.63) is 120 Å². The summed E-state index contributed by atoms with van der Waals surface area (Å²) in [6, 6.07) is 18.0. The van der Waals surface area contributed by atoms with E-state index in [2.05, 4.69) is 65.8 Å². The van der Waals surface area contributed by atoms with Gasteiger partial charge in [0.25, 0.3) is 20.2 Å². The molecule has 0 saturated heterocycles. The van der Waals surface area contributed by atoms with Gasteiger partial charge in [0.2, 0.25) is 5.69 Å². The first-order valence-electron chi connectivity index (χ1n) is 23.1. The number of carboxylic acid groups (broad SMARTS) is 1. The van der Waals surface area contributed by atoms with Crippen LogP contribution >= 0.6 is 0 Å². The number of benzene rings is 4. The molecule has 0 saturated carbocycles. The number of unbranched alkanes of at least 4 members (excludes halogenated alkanes) is 2. The van der Waals surface area contributed by atoms with E-state index in [-0.39, 0.29) is 35.8 Å². The van der Waals surface area contributed by atoms with E-state index >= 15 is 0 Å². The minimum Gasteiger partial charge on any atom is -0.481 e. The lowest BCUT2D eigenvalue weighted by molar-refractivity contribution is -0.441. The molecule has 0 radical (unpaired) electrons. The molecule has 17 heteroatoms. The van der Waals surface area contributed by atoms with Crippen molar-refractivity contribution in [2.45, 2.75) is 73.5 Å². The number of nitrogens with zero attached hydrogens (tertiary/aromatic N) is 2. The second kappa shape index (κ2) is 23.7. The fourth-order valence-electron chi connectivity index (χ4n) is 9.48. The number of allylic oxidation sites excluding steroid dienone is 8. The van der Waals surface area contributed by atoms with E-state index in [4.69, 9.17) is 23.7 Å². The molecule has 4 aromatic carbocycles. The first kappa shape index (κ1) is 53.3. The van der Waals surface area contributed by atoms with Gasteiger partial charge in [-0.15, -0.1) is 0 Å². The monoisotopic (exact) mass is 989 g/mol. The molecule has 0 bridgehead atoms. The fourth-order valence-corrected chi connectivity index (χ4v) is 10.8. The summed E-state index contributed by atoms with van der Waals surface area (Å²) in [4.78, 5) is 12.1. The first-order chi connectivity index (χ1) is 32.9. The van der Waals surface area contributed by atoms with Gasteiger partial charge in [-0.05, 0) is 92.1 Å². The van der Waals surface area contributed by atoms with Crippen LogP contribution < -0.4 is 4.90 Å². The molecule has 0 fully saturated rings. The van der Waals surface area contributed by atoms with Gasteiger partial charge in [0, 0.05) is 73.7 Å². The second-order valence-corrected chi connectivity index (χ2v) is 20.5. The van der Waals surface area contributed by atoms with Crippen LogP contribution in [0.4, 0.5) is 11.4 Å². The highest BCUT2D eigenvalue weighted by atomic mass is 32.2. The van der Waals surface area contributed by atoms with E-state index in [1.807, 2.05) is 43.4 Å². The molecule has 6 rings (SSSR count). The fraction of sp³-hybridized carbons (Fsp3) is 0.423. The molecule has 0 spiro atoms. The molecule has 0 amide bonds. The lowest BCUT2D eigenvalue weighted by Crippen LogP contribution is -2.30. The third kappa shape index (κ3) is 12.6. The average Bonchev–Trinajstić information content (AvgIpc) is 3.67. The van der Waals surface area contributed by atoms with Crippen molar-refractivity contribution in [3.63, 3.8) is 0 Å². The number of carbonyl (C=O) groups is 1. The molecule has 372 valence electrons. The quantitative estimate of drug-likeness (QED) is 0.0222. The van der Waals surface area contributed by atoms with Crippen molar-refractivity contribution < 1.29 is 64.1 Å². The maximum Gasteiger partial charge on any atom is 0.303 e. The maximum atomic E-state index is 12.8. The Hall–Kier alpha value is -5.08. The Bertz CT molecular complexity index is 2870. The van der Waals surface area contributed by atoms with E-state index in [0.717, 1.165) is 23.2 Å². The van der Waals surface area contributed by atoms with Crippen molar-refractivity contribution in [2.24, 2.45) is 0 Å². The number of hydrogen-bond donors (Lipinski definition) is 3. The highest BCUT2D eigenvalue weighted by molar-refractivity contribution is 7.86. The van der Waals surface area contributed by atoms with Gasteiger partial charge in [-0.3, -0.25) is 13.9 Å². The second-order valence-electron chi connectivity index (χ2n) is 17.7. The Balaban J connectivity index is 1.35. The van der Waals surface area contributed by atoms with Gasteiger partial charge in [0.05, 0.1) is 50.0 Å². The molecule has 4 aromatic rings. The topological polar surface area (TPSA) is 198 Å². The molecule has 2 aliphatic heterocycles. The number of methoxy groups -OCH3 is 2. The minimum atomic E-state index is -4.97. The molecule has 15 nitrogen and oxygen atoms in total. The minimum absolute atomic E-state index is 0.0235. The van der Waals surface area contributed by atoms with E-state index in [1.54, 1.807) is 20.3 Å². The van der Waals surface area contributed by atoms with E-state index < -0.39 is 41.4 Å². The number of ether oxygens (including phenoxy) is 5. The standard InChI is InChI=1S/C52H64N2O13S2/c1-51(2)46(54(27-29-63-4)43-23-21-38-16-13-14-17-40(38)49(43)51)18-10-7-6-8-11-19-47-52(3,25-28-65-32-33-67-35-34-66-31-30-64-5)50-42-36-39(68(57,58)59)37-45(69(60,61)62)41(42)22-24-44(50)53(47)26-15-9-12-20-48(55)56/h6-8,10-11,13-14,16-19,21-24,36-37H,9,12,15,20,25-35H2,1-5H3,(H2-,55,56,57,58,59,60,61,62)/p+1. The van der Waals surface area contributed by atoms with Crippen LogP contribution in [0.2, 0.25) is 0 Å². The number of aliphatic carboxylic acids is 1. The van der Waals surface area contributed by atoms with Crippen molar-refractivity contribution >= 4 is 64.8 Å². The SMILES string of the molecule is COCCOCCOCCOCCC1(C)\C(=C/C=C/C=C/C=C/C2=[N+](CCOC)c3ccc4ccccc4c3C2(C)C)N(CCCCCC(=O)O)c2ccc3c(S(=O)(=O)O)cc(S(=O)(=O)O)cc3c21. The van der Waals surface area contributed by atoms with Crippen LogP contribution in [-0.4, -0.2) is 127 Å². The van der Waals surface area contributed by atoms with Crippen LogP contribution in [0.5, 0.6) is 0 Å². The molecule has 1 atom stereocenters. The molecule has 3 N–H and O–H groups in total. The number of fused-ring (bicyclic) bond motifs is 6. The van der Waals surface area contributed by atoms with E-state index in [9.17, 15) is 35.8 Å². The summed E-state index contributed by atoms with van der Waals surface area (Å²) in [7, 11) is -6.60. The number of carboxylic acids is 1. The van der Waals surface area contributed by atoms with Crippen molar-refractivity contribution in [2.75, 3.05) is 85.1 Å². The molecule has 1 unspecified atom stereocenters. The lowest BCUT2D eigenvalue weighted by atomic mass is 9.76. The molecule has 2 heterocycles. The van der Waals surface area contributed by atoms with Crippen molar-refractivity contribution in [3.8, 4) is 0 Å². The zero-order chi connectivity index (χ0) is 49.8. The molecule has 2 aliphatic rings. The van der Waals surface area contributed by atoms with Gasteiger partial charge in [-0.2, -0.15) is 21.4 Å². The summed E-state index contributed by atoms with van der Waals surface area (Å²) in [5, 5.41) is 12.0. The van der Waals surface area contributed by atoms with Gasteiger partial charge in [-0.25, -0.2) is 0 Å². The molecule has 0 aliphatic carbocycles. The third-order valence-electron chi connectivity index (χ3n) is 12.7. The van der Waals surface area contributed by atoms with Gasteiger partial charge in [-0.1, -0.05) is 67.1 Å². The lowest BCUT2D eigenvalue weighted by Gasteiger charge is -2.31. The summed E-state index contributed by atoms with van der Waals surface area (Å²) < 4.78 is 102. The highest BCUT2D eigenvalue weighted by Gasteiger charge is 2.46. The van der Waals surface area contributed by atoms with Crippen LogP contribution in [0.25, 0.3) is 21.5 Å². The highest BCUT2D eigenvalue weighted by Crippen LogP contribution is 2.54. The van der Waals surface area contributed by atoms with E-state index in [1.165, 1.54) is 28.5 Å². The Labute approximate surface area is 405 Å². The summed E-state index contributed by atoms with van der Waals surface area (Å²) in [5.74, 6) is -0.882. The van der Waals surface area contributed by atoms with Crippen molar-refractivity contribution in [1.82, 2.24) is 0 Å². The number of hydrogen-bond acceptors (Lipinski definition) is 11. The normalized spacial score (nSPS) is 17.8.